The average molecular weight is 573 g/mol. The number of aromatic nitrogens is 1. The normalized spacial score (nSPS) is 16.3. The van der Waals surface area contributed by atoms with Gasteiger partial charge in [-0.25, -0.2) is 0 Å². The number of amides is 1. The molecular weight excluding hydrogens is 538 g/mol. The number of thiophene rings is 1. The predicted molar refractivity (Wildman–Crippen MR) is 148 cm³/mol. The summed E-state index contributed by atoms with van der Waals surface area (Å²) < 4.78 is 8.99. The number of benzene rings is 1. The van der Waals surface area contributed by atoms with E-state index < -0.39 is 0 Å². The molecule has 8 heteroatoms. The number of aryl methyl sites for hydroxylation is 1. The van der Waals surface area contributed by atoms with Crippen LogP contribution in [-0.2, 0) is 35.7 Å². The third kappa shape index (κ3) is 4.53. The van der Waals surface area contributed by atoms with Crippen LogP contribution < -0.4 is 4.74 Å². The van der Waals surface area contributed by atoms with E-state index in [-0.39, 0.29) is 17.9 Å². The zero-order valence-corrected chi connectivity index (χ0v) is 24.0. The Balaban J connectivity index is 1.75. The Labute approximate surface area is 225 Å². The molecular formula is C28H34BrN3O3S. The molecule has 0 spiro atoms. The molecule has 1 aromatic carbocycles. The number of ether oxygens (including phenoxy) is 1. The summed E-state index contributed by atoms with van der Waals surface area (Å²) in [5.74, 6) is 0.973. The van der Waals surface area contributed by atoms with Crippen LogP contribution in [0.4, 0.5) is 0 Å². The number of nitrogens with zero attached hydrogens (tertiary/aromatic N) is 3. The molecule has 6 nitrogen and oxygen atoms in total. The van der Waals surface area contributed by atoms with Crippen LogP contribution in [0.15, 0.2) is 34.1 Å². The topological polar surface area (TPSA) is 46.9 Å². The highest BCUT2D eigenvalue weighted by Gasteiger charge is 2.33. The van der Waals surface area contributed by atoms with Crippen molar-refractivity contribution in [3.8, 4) is 27.4 Å². The Morgan fingerprint density at radius 3 is 2.64 bits per heavy atom. The first-order chi connectivity index (χ1) is 17.3. The lowest BCUT2D eigenvalue weighted by molar-refractivity contribution is -0.191. The van der Waals surface area contributed by atoms with Crippen LogP contribution in [0.25, 0.3) is 21.7 Å². The second kappa shape index (κ2) is 10.3. The van der Waals surface area contributed by atoms with E-state index in [9.17, 15) is 4.79 Å². The fourth-order valence-electron chi connectivity index (χ4n) is 5.34. The maximum Gasteiger partial charge on any atom is 0.225 e. The van der Waals surface area contributed by atoms with Gasteiger partial charge in [-0.3, -0.25) is 9.63 Å². The molecule has 0 fully saturated rings. The first kappa shape index (κ1) is 25.5. The molecule has 5 rings (SSSR count). The number of halogens is 1. The molecule has 0 saturated heterocycles. The Bertz CT molecular complexity index is 1270. The van der Waals surface area contributed by atoms with Gasteiger partial charge < -0.3 is 14.2 Å². The van der Waals surface area contributed by atoms with E-state index in [1.165, 1.54) is 38.5 Å². The fraction of sp³-hybridized carbons (Fsp3) is 0.464. The number of hydroxylamine groups is 2. The molecule has 192 valence electrons. The quantitative estimate of drug-likeness (QED) is 0.366. The number of rotatable bonds is 4. The number of hydrogen-bond acceptors (Lipinski definition) is 5. The molecule has 0 radical (unpaired) electrons. The summed E-state index contributed by atoms with van der Waals surface area (Å²) in [6, 6.07) is 8.86. The summed E-state index contributed by atoms with van der Waals surface area (Å²) in [6.07, 6.45) is 0.916. The Morgan fingerprint density at radius 1 is 1.17 bits per heavy atom. The van der Waals surface area contributed by atoms with E-state index in [0.29, 0.717) is 26.2 Å². The van der Waals surface area contributed by atoms with Crippen molar-refractivity contribution in [2.45, 2.75) is 59.9 Å². The average Bonchev–Trinajstić information content (AvgIpc) is 3.49. The Morgan fingerprint density at radius 2 is 1.97 bits per heavy atom. The van der Waals surface area contributed by atoms with Crippen LogP contribution in [0.3, 0.4) is 0 Å². The van der Waals surface area contributed by atoms with Crippen molar-refractivity contribution in [1.29, 1.82) is 0 Å². The Kier molecular flexibility index (Phi) is 7.32. The van der Waals surface area contributed by atoms with Gasteiger partial charge in [0.15, 0.2) is 0 Å². The molecule has 0 aliphatic carbocycles. The summed E-state index contributed by atoms with van der Waals surface area (Å²) in [6.45, 7) is 11.5. The van der Waals surface area contributed by atoms with E-state index in [1.54, 1.807) is 18.4 Å². The van der Waals surface area contributed by atoms with Gasteiger partial charge in [0.2, 0.25) is 5.91 Å². The lowest BCUT2D eigenvalue weighted by Crippen LogP contribution is -2.41. The van der Waals surface area contributed by atoms with E-state index in [4.69, 9.17) is 9.57 Å². The van der Waals surface area contributed by atoms with E-state index >= 15 is 0 Å². The van der Waals surface area contributed by atoms with Gasteiger partial charge in [0, 0.05) is 59.7 Å². The smallest absolute Gasteiger partial charge is 0.225 e. The molecule has 4 heterocycles. The molecule has 36 heavy (non-hydrogen) atoms. The van der Waals surface area contributed by atoms with Crippen molar-refractivity contribution in [1.82, 2.24) is 14.5 Å². The molecule has 2 aliphatic rings. The van der Waals surface area contributed by atoms with Gasteiger partial charge in [0.25, 0.3) is 0 Å². The molecule has 0 atom stereocenters. The molecule has 2 aromatic heterocycles. The summed E-state index contributed by atoms with van der Waals surface area (Å²) in [4.78, 5) is 23.0. The van der Waals surface area contributed by atoms with Crippen LogP contribution in [0.5, 0.6) is 5.75 Å². The van der Waals surface area contributed by atoms with Gasteiger partial charge in [0.1, 0.15) is 12.4 Å². The highest BCUT2D eigenvalue weighted by molar-refractivity contribution is 9.10. The highest BCUT2D eigenvalue weighted by Crippen LogP contribution is 2.47. The van der Waals surface area contributed by atoms with Gasteiger partial charge in [0.05, 0.1) is 23.0 Å². The maximum atomic E-state index is 13.4. The molecule has 2 aliphatic heterocycles. The largest absolute Gasteiger partial charge is 0.496 e. The monoisotopic (exact) mass is 571 g/mol. The number of carbonyl (C=O) groups is 1. The Hall–Kier alpha value is -2.13. The van der Waals surface area contributed by atoms with Crippen LogP contribution in [0.2, 0.25) is 0 Å². The zero-order chi connectivity index (χ0) is 25.6. The van der Waals surface area contributed by atoms with Gasteiger partial charge in [-0.2, -0.15) is 5.06 Å². The number of carbonyl (C=O) groups excluding carboxylic acids is 1. The van der Waals surface area contributed by atoms with Crippen molar-refractivity contribution < 1.29 is 14.4 Å². The molecule has 1 amide bonds. The van der Waals surface area contributed by atoms with Crippen LogP contribution in [0, 0.1) is 5.92 Å². The van der Waals surface area contributed by atoms with Gasteiger partial charge in [-0.05, 0) is 65.3 Å². The van der Waals surface area contributed by atoms with Crippen molar-refractivity contribution in [3.63, 3.8) is 0 Å². The zero-order valence-electron chi connectivity index (χ0n) is 21.6. The fourth-order valence-corrected chi connectivity index (χ4v) is 6.64. The van der Waals surface area contributed by atoms with Gasteiger partial charge in [-0.1, -0.05) is 19.9 Å². The number of fused-ring (bicyclic) bond motifs is 5. The molecule has 0 saturated carbocycles. The van der Waals surface area contributed by atoms with Gasteiger partial charge >= 0.3 is 0 Å². The second-order valence-electron chi connectivity index (χ2n) is 10.1. The van der Waals surface area contributed by atoms with Crippen LogP contribution >= 0.6 is 27.3 Å². The molecule has 0 N–H and O–H groups in total. The van der Waals surface area contributed by atoms with Crippen LogP contribution in [-0.4, -0.2) is 46.7 Å². The highest BCUT2D eigenvalue weighted by atomic mass is 79.9. The minimum absolute atomic E-state index is 0.0609. The third-order valence-corrected chi connectivity index (χ3v) is 8.68. The lowest BCUT2D eigenvalue weighted by Gasteiger charge is -2.29. The van der Waals surface area contributed by atoms with Crippen molar-refractivity contribution in [2.24, 2.45) is 5.92 Å². The van der Waals surface area contributed by atoms with E-state index in [0.717, 1.165) is 23.2 Å². The number of hydrogen-bond donors (Lipinski definition) is 0. The third-order valence-electron chi connectivity index (χ3n) is 7.18. The predicted octanol–water partition coefficient (Wildman–Crippen LogP) is 6.35. The molecule has 0 bridgehead atoms. The van der Waals surface area contributed by atoms with Crippen LogP contribution in [0.1, 0.15) is 44.5 Å². The van der Waals surface area contributed by atoms with Crippen molar-refractivity contribution >= 4 is 33.2 Å². The van der Waals surface area contributed by atoms with Crippen molar-refractivity contribution in [3.05, 3.63) is 50.9 Å². The first-order valence-electron chi connectivity index (χ1n) is 12.6. The maximum absolute atomic E-state index is 13.4. The summed E-state index contributed by atoms with van der Waals surface area (Å²) in [5, 5.41) is 4.15. The molecule has 0 unspecified atom stereocenters. The minimum Gasteiger partial charge on any atom is -0.496 e. The van der Waals surface area contributed by atoms with Crippen molar-refractivity contribution in [2.75, 3.05) is 20.2 Å². The number of methoxy groups -OCH3 is 1. The SMILES string of the molecule is COc1cc2c(cc1Br)-c1c(-c3cccs3)c3c(n1CC2)CON(C(C)C)CCN(C(=O)C(C)C)C3. The first-order valence-corrected chi connectivity index (χ1v) is 14.3. The summed E-state index contributed by atoms with van der Waals surface area (Å²) >= 11 is 5.47. The van der Waals surface area contributed by atoms with E-state index in [2.05, 4.69) is 64.0 Å². The standard InChI is InChI=1S/C28H34BrN3O3S/c1-17(2)28(33)30-10-11-32(18(3)4)35-16-23-21(15-30)26(25-7-6-12-36-25)27-20-14-22(29)24(34-5)13-19(20)8-9-31(23)27/h6-7,12-14,17-18H,8-11,15-16H2,1-5H3. The van der Waals surface area contributed by atoms with E-state index in [1.807, 2.05) is 23.8 Å². The van der Waals surface area contributed by atoms with Gasteiger partial charge in [-0.15, -0.1) is 11.3 Å². The minimum atomic E-state index is -0.0609. The lowest BCUT2D eigenvalue weighted by atomic mass is 9.94. The summed E-state index contributed by atoms with van der Waals surface area (Å²) in [5.41, 5.74) is 7.30. The summed E-state index contributed by atoms with van der Waals surface area (Å²) in [7, 11) is 1.71. The second-order valence-corrected chi connectivity index (χ2v) is 11.9. The molecule has 3 aromatic rings.